The second-order valence-corrected chi connectivity index (χ2v) is 6.90. The third-order valence-corrected chi connectivity index (χ3v) is 5.37. The predicted octanol–water partition coefficient (Wildman–Crippen LogP) is 1.52. The van der Waals surface area contributed by atoms with E-state index in [2.05, 4.69) is 0 Å². The van der Waals surface area contributed by atoms with Crippen LogP contribution in [0.2, 0.25) is 6.04 Å². The maximum Gasteiger partial charge on any atom is 0.504 e. The number of hydrogen-bond acceptors (Lipinski definition) is 6. The van der Waals surface area contributed by atoms with Gasteiger partial charge >= 0.3 is 8.80 Å². The van der Waals surface area contributed by atoms with E-state index in [9.17, 15) is 13.2 Å². The molecule has 0 saturated heterocycles. The highest BCUT2D eigenvalue weighted by Gasteiger charge is 2.46. The largest absolute Gasteiger partial charge is 0.504 e. The molecule has 0 saturated carbocycles. The predicted molar refractivity (Wildman–Crippen MR) is 74.9 cm³/mol. The molecule has 0 amide bonds. The summed E-state index contributed by atoms with van der Waals surface area (Å²) in [6.07, 6.45) is -5.52. The van der Waals surface area contributed by atoms with Crippen LogP contribution in [0.15, 0.2) is 0 Å². The van der Waals surface area contributed by atoms with Gasteiger partial charge in [-0.3, -0.25) is 0 Å². The molecule has 0 spiro atoms. The van der Waals surface area contributed by atoms with Crippen molar-refractivity contribution < 1.29 is 40.7 Å². The van der Waals surface area contributed by atoms with Crippen LogP contribution in [0.25, 0.3) is 0 Å². The Morgan fingerprint density at radius 2 is 1.05 bits per heavy atom. The maximum absolute atomic E-state index is 13.5. The Hall–Kier alpha value is -0.233. The molecule has 1 unspecified atom stereocenters. The van der Waals surface area contributed by atoms with Crippen molar-refractivity contribution in [1.82, 2.24) is 0 Å². The van der Waals surface area contributed by atoms with Crippen molar-refractivity contribution in [2.24, 2.45) is 0 Å². The molecule has 0 heterocycles. The van der Waals surface area contributed by atoms with Crippen molar-refractivity contribution in [2.45, 2.75) is 18.6 Å². The Balaban J connectivity index is 4.83. The first-order valence-corrected chi connectivity index (χ1v) is 8.75. The van der Waals surface area contributed by atoms with E-state index in [1.807, 2.05) is 0 Å². The second kappa shape index (κ2) is 13.2. The highest BCUT2D eigenvalue weighted by molar-refractivity contribution is 6.60. The van der Waals surface area contributed by atoms with Gasteiger partial charge in [0.05, 0.1) is 45.7 Å². The van der Waals surface area contributed by atoms with Crippen LogP contribution >= 0.6 is 0 Å². The average molecular weight is 350 g/mol. The summed E-state index contributed by atoms with van der Waals surface area (Å²) in [4.78, 5) is 0. The molecule has 1 atom stereocenters. The molecule has 0 aromatic carbocycles. The second-order valence-electron chi connectivity index (χ2n) is 4.26. The molecule has 0 rings (SSSR count). The Kier molecular flexibility index (Phi) is 13.1. The third-order valence-electron chi connectivity index (χ3n) is 2.55. The van der Waals surface area contributed by atoms with E-state index in [4.69, 9.17) is 27.5 Å². The molecule has 0 N–H and O–H groups in total. The minimum Gasteiger partial charge on any atom is -0.382 e. The Morgan fingerprint density at radius 1 is 0.682 bits per heavy atom. The average Bonchev–Trinajstić information content (AvgIpc) is 2.48. The number of methoxy groups -OCH3 is 3. The molecule has 0 aromatic heterocycles. The summed E-state index contributed by atoms with van der Waals surface area (Å²) in [5, 5.41) is 0. The SMILES string of the molecule is COCCO[Si](CC(F)C(F)F)(OCCOC)OCCOC. The van der Waals surface area contributed by atoms with Crippen LogP contribution in [0.3, 0.4) is 0 Å². The van der Waals surface area contributed by atoms with Crippen LogP contribution in [0.4, 0.5) is 13.2 Å². The van der Waals surface area contributed by atoms with Crippen molar-refractivity contribution in [3.05, 3.63) is 0 Å². The van der Waals surface area contributed by atoms with E-state index in [0.717, 1.165) is 0 Å². The molecule has 0 radical (unpaired) electrons. The van der Waals surface area contributed by atoms with Gasteiger partial charge in [-0.05, 0) is 0 Å². The molecule has 0 aliphatic carbocycles. The molecule has 0 bridgehead atoms. The van der Waals surface area contributed by atoms with E-state index in [-0.39, 0.29) is 39.6 Å². The minimum atomic E-state index is -3.63. The van der Waals surface area contributed by atoms with E-state index in [1.165, 1.54) is 21.3 Å². The van der Waals surface area contributed by atoms with Crippen LogP contribution < -0.4 is 0 Å². The van der Waals surface area contributed by atoms with Gasteiger partial charge in [0.2, 0.25) is 0 Å². The van der Waals surface area contributed by atoms with Gasteiger partial charge in [-0.2, -0.15) is 0 Å². The van der Waals surface area contributed by atoms with E-state index in [0.29, 0.717) is 0 Å². The summed E-state index contributed by atoms with van der Waals surface area (Å²) in [5.74, 6) is 0. The van der Waals surface area contributed by atoms with E-state index in [1.54, 1.807) is 0 Å². The topological polar surface area (TPSA) is 55.4 Å². The molecule has 134 valence electrons. The fourth-order valence-electron chi connectivity index (χ4n) is 1.47. The summed E-state index contributed by atoms with van der Waals surface area (Å²) in [6, 6.07) is -0.637. The molecule has 0 aliphatic rings. The zero-order chi connectivity index (χ0) is 16.8. The van der Waals surface area contributed by atoms with Crippen molar-refractivity contribution in [3.63, 3.8) is 0 Å². The monoisotopic (exact) mass is 350 g/mol. The van der Waals surface area contributed by atoms with E-state index < -0.39 is 27.4 Å². The first-order valence-electron chi connectivity index (χ1n) is 6.82. The molecule has 0 aliphatic heterocycles. The van der Waals surface area contributed by atoms with Crippen molar-refractivity contribution in [3.8, 4) is 0 Å². The molecular weight excluding hydrogens is 325 g/mol. The van der Waals surface area contributed by atoms with Crippen LogP contribution in [0, 0.1) is 0 Å². The Bertz CT molecular complexity index is 236. The number of halogens is 3. The van der Waals surface area contributed by atoms with Crippen molar-refractivity contribution in [2.75, 3.05) is 61.0 Å². The van der Waals surface area contributed by atoms with Crippen LogP contribution in [-0.4, -0.2) is 82.4 Å². The van der Waals surface area contributed by atoms with E-state index >= 15 is 0 Å². The Morgan fingerprint density at radius 3 is 1.32 bits per heavy atom. The van der Waals surface area contributed by atoms with Crippen molar-refractivity contribution >= 4 is 8.80 Å². The highest BCUT2D eigenvalue weighted by Crippen LogP contribution is 2.23. The van der Waals surface area contributed by atoms with Crippen molar-refractivity contribution in [1.29, 1.82) is 0 Å². The van der Waals surface area contributed by atoms with Gasteiger partial charge in [0.1, 0.15) is 0 Å². The molecule has 0 fully saturated rings. The molecule has 10 heteroatoms. The zero-order valence-corrected chi connectivity index (χ0v) is 14.2. The summed E-state index contributed by atoms with van der Waals surface area (Å²) in [6.45, 7) is 0.793. The standard InChI is InChI=1S/C12H25F3O6Si/c1-16-4-7-19-22(20-8-5-17-2,21-9-6-18-3)10-11(13)12(14)15/h11-12H,4-10H2,1-3H3. The number of alkyl halides is 3. The molecule has 6 nitrogen and oxygen atoms in total. The zero-order valence-electron chi connectivity index (χ0n) is 13.2. The summed E-state index contributed by atoms with van der Waals surface area (Å²) in [7, 11) is 0.751. The quantitative estimate of drug-likeness (QED) is 0.330. The lowest BCUT2D eigenvalue weighted by atomic mass is 10.5. The summed E-state index contributed by atoms with van der Waals surface area (Å²) >= 11 is 0. The lowest BCUT2D eigenvalue weighted by Gasteiger charge is -2.30. The number of ether oxygens (including phenoxy) is 3. The fraction of sp³-hybridized carbons (Fsp3) is 1.00. The highest BCUT2D eigenvalue weighted by atomic mass is 28.4. The lowest BCUT2D eigenvalue weighted by molar-refractivity contribution is -0.00226. The molecular formula is C12H25F3O6Si. The first kappa shape index (κ1) is 21.8. The van der Waals surface area contributed by atoms with Gasteiger partial charge in [-0.1, -0.05) is 0 Å². The van der Waals surface area contributed by atoms with Crippen LogP contribution in [0.5, 0.6) is 0 Å². The van der Waals surface area contributed by atoms with Gasteiger partial charge in [0.25, 0.3) is 6.43 Å². The molecule has 0 aromatic rings. The Labute approximate surface area is 130 Å². The van der Waals surface area contributed by atoms with Crippen LogP contribution in [-0.2, 0) is 27.5 Å². The smallest absolute Gasteiger partial charge is 0.382 e. The lowest BCUT2D eigenvalue weighted by Crippen LogP contribution is -2.50. The maximum atomic E-state index is 13.5. The summed E-state index contributed by atoms with van der Waals surface area (Å²) < 4.78 is 69.5. The van der Waals surface area contributed by atoms with Crippen LogP contribution in [0.1, 0.15) is 0 Å². The van der Waals surface area contributed by atoms with Gasteiger partial charge in [0.15, 0.2) is 6.17 Å². The number of rotatable bonds is 15. The minimum absolute atomic E-state index is 0.0542. The first-order chi connectivity index (χ1) is 10.5. The fourth-order valence-corrected chi connectivity index (χ4v) is 3.91. The summed E-state index contributed by atoms with van der Waals surface area (Å²) in [5.41, 5.74) is 0. The number of hydrogen-bond donors (Lipinski definition) is 0. The van der Waals surface area contributed by atoms with Gasteiger partial charge in [-0.25, -0.2) is 13.2 Å². The molecule has 22 heavy (non-hydrogen) atoms. The van der Waals surface area contributed by atoms with Gasteiger partial charge in [0, 0.05) is 21.3 Å². The third kappa shape index (κ3) is 9.72. The van der Waals surface area contributed by atoms with Gasteiger partial charge in [-0.15, -0.1) is 0 Å². The van der Waals surface area contributed by atoms with Gasteiger partial charge < -0.3 is 27.5 Å². The normalized spacial score (nSPS) is 13.8.